The van der Waals surface area contributed by atoms with Crippen molar-refractivity contribution in [1.82, 2.24) is 10.2 Å². The maximum Gasteiger partial charge on any atom is 0.127 e. The van der Waals surface area contributed by atoms with Crippen LogP contribution in [0.15, 0.2) is 24.3 Å². The van der Waals surface area contributed by atoms with Crippen molar-refractivity contribution in [1.29, 1.82) is 0 Å². The van der Waals surface area contributed by atoms with Gasteiger partial charge in [0.1, 0.15) is 5.82 Å². The summed E-state index contributed by atoms with van der Waals surface area (Å²) in [6.45, 7) is 8.02. The number of hydrogen-bond acceptors (Lipinski definition) is 2. The van der Waals surface area contributed by atoms with E-state index in [1.165, 1.54) is 6.07 Å². The molecule has 0 bridgehead atoms. The number of benzene rings is 1. The van der Waals surface area contributed by atoms with Gasteiger partial charge in [0.2, 0.25) is 0 Å². The molecule has 0 aliphatic carbocycles. The third kappa shape index (κ3) is 4.10. The Morgan fingerprint density at radius 2 is 1.94 bits per heavy atom. The highest BCUT2D eigenvalue weighted by Gasteiger charge is 2.16. The quantitative estimate of drug-likeness (QED) is 0.819. The van der Waals surface area contributed by atoms with E-state index in [0.717, 1.165) is 12.1 Å². The predicted octanol–water partition coefficient (Wildman–Crippen LogP) is 2.64. The first-order valence-corrected chi connectivity index (χ1v) is 6.23. The lowest BCUT2D eigenvalue weighted by atomic mass is 10.1. The summed E-state index contributed by atoms with van der Waals surface area (Å²) in [7, 11) is 2.03. The van der Waals surface area contributed by atoms with Crippen molar-refractivity contribution in [2.45, 2.75) is 39.4 Å². The van der Waals surface area contributed by atoms with E-state index in [9.17, 15) is 4.39 Å². The zero-order valence-electron chi connectivity index (χ0n) is 11.2. The molecule has 1 N–H and O–H groups in total. The second-order valence-electron chi connectivity index (χ2n) is 4.59. The molecule has 0 radical (unpaired) electrons. The Bertz CT molecular complexity index is 341. The van der Waals surface area contributed by atoms with E-state index in [0.29, 0.717) is 18.6 Å². The van der Waals surface area contributed by atoms with Crippen molar-refractivity contribution in [3.05, 3.63) is 35.6 Å². The van der Waals surface area contributed by atoms with Crippen LogP contribution in [-0.2, 0) is 6.54 Å². The number of nitrogens with one attached hydrogen (secondary N) is 1. The Morgan fingerprint density at radius 3 is 2.53 bits per heavy atom. The first-order chi connectivity index (χ1) is 8.06. The van der Waals surface area contributed by atoms with Crippen LogP contribution in [0.1, 0.15) is 26.3 Å². The van der Waals surface area contributed by atoms with Crippen LogP contribution in [0, 0.1) is 5.82 Å². The van der Waals surface area contributed by atoms with E-state index in [1.807, 2.05) is 19.2 Å². The van der Waals surface area contributed by atoms with Crippen LogP contribution >= 0.6 is 0 Å². The Kier molecular flexibility index (Phi) is 5.59. The third-order valence-corrected chi connectivity index (χ3v) is 3.32. The monoisotopic (exact) mass is 238 g/mol. The van der Waals surface area contributed by atoms with Crippen molar-refractivity contribution >= 4 is 0 Å². The van der Waals surface area contributed by atoms with Gasteiger partial charge in [-0.05, 0) is 33.5 Å². The van der Waals surface area contributed by atoms with Gasteiger partial charge in [0, 0.05) is 24.2 Å². The topological polar surface area (TPSA) is 15.3 Å². The number of halogens is 1. The van der Waals surface area contributed by atoms with E-state index in [4.69, 9.17) is 0 Å². The molecule has 2 atom stereocenters. The average molecular weight is 238 g/mol. The number of rotatable bonds is 6. The van der Waals surface area contributed by atoms with Crippen LogP contribution in [0.2, 0.25) is 0 Å². The molecule has 2 nitrogen and oxygen atoms in total. The zero-order chi connectivity index (χ0) is 12.8. The first kappa shape index (κ1) is 14.1. The van der Waals surface area contributed by atoms with E-state index < -0.39 is 0 Å². The molecule has 1 aromatic carbocycles. The Hall–Kier alpha value is -0.930. The van der Waals surface area contributed by atoms with E-state index in [-0.39, 0.29) is 5.82 Å². The largest absolute Gasteiger partial charge is 0.313 e. The third-order valence-electron chi connectivity index (χ3n) is 3.32. The summed E-state index contributed by atoms with van der Waals surface area (Å²) < 4.78 is 13.5. The maximum atomic E-state index is 13.5. The molecular formula is C14H23FN2. The number of likely N-dealkylation sites (N-methyl/N-ethyl adjacent to an activating group) is 2. The van der Waals surface area contributed by atoms with Crippen LogP contribution in [0.3, 0.4) is 0 Å². The molecule has 96 valence electrons. The van der Waals surface area contributed by atoms with Crippen LogP contribution < -0.4 is 5.32 Å². The minimum atomic E-state index is -0.123. The summed E-state index contributed by atoms with van der Waals surface area (Å²) in [5, 5.41) is 3.39. The summed E-state index contributed by atoms with van der Waals surface area (Å²) in [6, 6.07) is 7.73. The van der Waals surface area contributed by atoms with Crippen molar-refractivity contribution in [3.63, 3.8) is 0 Å². The van der Waals surface area contributed by atoms with Gasteiger partial charge in [0.15, 0.2) is 0 Å². The van der Waals surface area contributed by atoms with Gasteiger partial charge in [0.05, 0.1) is 0 Å². The molecule has 3 heteroatoms. The minimum Gasteiger partial charge on any atom is -0.313 e. The van der Waals surface area contributed by atoms with Gasteiger partial charge in [-0.25, -0.2) is 4.39 Å². The highest BCUT2D eigenvalue weighted by Crippen LogP contribution is 2.12. The second-order valence-corrected chi connectivity index (χ2v) is 4.59. The maximum absolute atomic E-state index is 13.5. The first-order valence-electron chi connectivity index (χ1n) is 6.23. The van der Waals surface area contributed by atoms with Gasteiger partial charge in [-0.2, -0.15) is 0 Å². The van der Waals surface area contributed by atoms with E-state index >= 15 is 0 Å². The minimum absolute atomic E-state index is 0.123. The van der Waals surface area contributed by atoms with Crippen LogP contribution in [0.25, 0.3) is 0 Å². The van der Waals surface area contributed by atoms with Gasteiger partial charge < -0.3 is 5.32 Å². The lowest BCUT2D eigenvalue weighted by Gasteiger charge is -2.30. The smallest absolute Gasteiger partial charge is 0.127 e. The van der Waals surface area contributed by atoms with E-state index in [2.05, 4.69) is 31.0 Å². The summed E-state index contributed by atoms with van der Waals surface area (Å²) in [6.07, 6.45) is 0. The molecule has 17 heavy (non-hydrogen) atoms. The SMILES string of the molecule is CCNC(C)C(C)N(C)Cc1ccccc1F. The molecule has 1 aromatic rings. The normalized spacial score (nSPS) is 14.9. The molecule has 0 saturated carbocycles. The predicted molar refractivity (Wildman–Crippen MR) is 70.5 cm³/mol. The lowest BCUT2D eigenvalue weighted by Crippen LogP contribution is -2.44. The van der Waals surface area contributed by atoms with E-state index in [1.54, 1.807) is 6.07 Å². The van der Waals surface area contributed by atoms with Gasteiger partial charge in [0.25, 0.3) is 0 Å². The fourth-order valence-corrected chi connectivity index (χ4v) is 1.91. The Balaban J connectivity index is 2.60. The van der Waals surface area contributed by atoms with Crippen LogP contribution in [0.4, 0.5) is 4.39 Å². The Labute approximate surface area is 104 Å². The van der Waals surface area contributed by atoms with Crippen molar-refractivity contribution < 1.29 is 4.39 Å². The molecule has 0 amide bonds. The Morgan fingerprint density at radius 1 is 1.29 bits per heavy atom. The summed E-state index contributed by atoms with van der Waals surface area (Å²) in [5.41, 5.74) is 0.755. The van der Waals surface area contributed by atoms with Gasteiger partial charge in [-0.15, -0.1) is 0 Å². The van der Waals surface area contributed by atoms with Gasteiger partial charge in [-0.3, -0.25) is 4.90 Å². The fourth-order valence-electron chi connectivity index (χ4n) is 1.91. The molecule has 0 fully saturated rings. The number of nitrogens with zero attached hydrogens (tertiary/aromatic N) is 1. The molecule has 0 spiro atoms. The molecule has 0 aromatic heterocycles. The molecule has 2 unspecified atom stereocenters. The van der Waals surface area contributed by atoms with Crippen molar-refractivity contribution in [3.8, 4) is 0 Å². The molecule has 1 rings (SSSR count). The van der Waals surface area contributed by atoms with Crippen molar-refractivity contribution in [2.75, 3.05) is 13.6 Å². The highest BCUT2D eigenvalue weighted by molar-refractivity contribution is 5.17. The molecule has 0 aliphatic heterocycles. The summed E-state index contributed by atoms with van der Waals surface area (Å²) >= 11 is 0. The van der Waals surface area contributed by atoms with Gasteiger partial charge >= 0.3 is 0 Å². The molecule has 0 heterocycles. The standard InChI is InChI=1S/C14H23FN2/c1-5-16-11(2)12(3)17(4)10-13-8-6-7-9-14(13)15/h6-9,11-12,16H,5,10H2,1-4H3. The zero-order valence-corrected chi connectivity index (χ0v) is 11.2. The summed E-state index contributed by atoms with van der Waals surface area (Å²) in [5.74, 6) is -0.123. The van der Waals surface area contributed by atoms with Gasteiger partial charge in [-0.1, -0.05) is 25.1 Å². The van der Waals surface area contributed by atoms with Crippen molar-refractivity contribution in [2.24, 2.45) is 0 Å². The molecule has 0 aliphatic rings. The molecular weight excluding hydrogens is 215 g/mol. The average Bonchev–Trinajstić information content (AvgIpc) is 2.31. The highest BCUT2D eigenvalue weighted by atomic mass is 19.1. The van der Waals surface area contributed by atoms with Crippen LogP contribution in [0.5, 0.6) is 0 Å². The molecule has 0 saturated heterocycles. The lowest BCUT2D eigenvalue weighted by molar-refractivity contribution is 0.205. The van der Waals surface area contributed by atoms with Crippen LogP contribution in [-0.4, -0.2) is 30.6 Å². The second kappa shape index (κ2) is 6.72. The summed E-state index contributed by atoms with van der Waals surface area (Å²) in [4.78, 5) is 2.17. The fraction of sp³-hybridized carbons (Fsp3) is 0.571. The number of hydrogen-bond donors (Lipinski definition) is 1.